The fourth-order valence-electron chi connectivity index (χ4n) is 2.85. The second-order valence-corrected chi connectivity index (χ2v) is 6.40. The summed E-state index contributed by atoms with van der Waals surface area (Å²) in [4.78, 5) is 49.6. The Labute approximate surface area is 160 Å². The van der Waals surface area contributed by atoms with Crippen LogP contribution in [0.15, 0.2) is 54.6 Å². The molecule has 1 heterocycles. The molecule has 2 aromatic rings. The number of urea groups is 1. The first-order chi connectivity index (χ1) is 13.3. The molecule has 0 aliphatic carbocycles. The van der Waals surface area contributed by atoms with Crippen molar-refractivity contribution in [2.24, 2.45) is 0 Å². The van der Waals surface area contributed by atoms with Gasteiger partial charge in [0.15, 0.2) is 12.4 Å². The molecule has 1 saturated heterocycles. The van der Waals surface area contributed by atoms with Gasteiger partial charge in [0, 0.05) is 5.56 Å². The number of rotatable bonds is 6. The Morgan fingerprint density at radius 2 is 1.71 bits per heavy atom. The molecule has 1 N–H and O–H groups in total. The van der Waals surface area contributed by atoms with Gasteiger partial charge in [0.05, 0.1) is 0 Å². The number of nitrogens with zero attached hydrogens (tertiary/aromatic N) is 1. The largest absolute Gasteiger partial charge is 0.456 e. The molecule has 1 aliphatic heterocycles. The molecule has 0 spiro atoms. The molecule has 3 rings (SSSR count). The van der Waals surface area contributed by atoms with Crippen molar-refractivity contribution in [1.82, 2.24) is 10.2 Å². The zero-order valence-corrected chi connectivity index (χ0v) is 15.0. The summed E-state index contributed by atoms with van der Waals surface area (Å²) in [6.45, 7) is 0.347. The Morgan fingerprint density at radius 3 is 2.36 bits per heavy atom. The van der Waals surface area contributed by atoms with Gasteiger partial charge in [0.2, 0.25) is 0 Å². The molecular formula is C20H17FN2O5. The summed E-state index contributed by atoms with van der Waals surface area (Å²) in [5.41, 5.74) is -0.528. The van der Waals surface area contributed by atoms with Crippen LogP contribution >= 0.6 is 0 Å². The van der Waals surface area contributed by atoms with Crippen molar-refractivity contribution in [1.29, 1.82) is 0 Å². The normalized spacial score (nSPS) is 18.7. The van der Waals surface area contributed by atoms with Gasteiger partial charge in [-0.25, -0.2) is 9.18 Å². The van der Waals surface area contributed by atoms with Crippen LogP contribution in [0.4, 0.5) is 9.18 Å². The van der Waals surface area contributed by atoms with Crippen LogP contribution in [0.5, 0.6) is 0 Å². The number of nitrogens with one attached hydrogen (secondary N) is 1. The molecule has 0 aromatic heterocycles. The number of hydrogen-bond donors (Lipinski definition) is 1. The van der Waals surface area contributed by atoms with E-state index in [1.54, 1.807) is 37.3 Å². The third-order valence-corrected chi connectivity index (χ3v) is 4.44. The number of ether oxygens (including phenoxy) is 1. The van der Waals surface area contributed by atoms with E-state index >= 15 is 0 Å². The SMILES string of the molecule is C[C@]1(c2ccccc2)NC(=O)N(CC(=O)OCC(=O)c2ccc(F)cc2)C1=O. The fourth-order valence-corrected chi connectivity index (χ4v) is 2.85. The van der Waals surface area contributed by atoms with Crippen molar-refractivity contribution in [3.05, 3.63) is 71.5 Å². The van der Waals surface area contributed by atoms with Crippen LogP contribution in [0.1, 0.15) is 22.8 Å². The Bertz CT molecular complexity index is 929. The van der Waals surface area contributed by atoms with E-state index in [1.165, 1.54) is 12.1 Å². The molecule has 1 fully saturated rings. The van der Waals surface area contributed by atoms with Crippen LogP contribution < -0.4 is 5.32 Å². The maximum atomic E-state index is 12.9. The lowest BCUT2D eigenvalue weighted by molar-refractivity contribution is -0.146. The molecule has 3 amide bonds. The predicted molar refractivity (Wildman–Crippen MR) is 95.7 cm³/mol. The number of benzene rings is 2. The smallest absolute Gasteiger partial charge is 0.326 e. The Morgan fingerprint density at radius 1 is 1.07 bits per heavy atom. The second kappa shape index (κ2) is 7.59. The number of Topliss-reactive ketones (excluding diaryl/α,β-unsaturated/α-hetero) is 1. The summed E-state index contributed by atoms with van der Waals surface area (Å²) in [6.07, 6.45) is 0. The summed E-state index contributed by atoms with van der Waals surface area (Å²) < 4.78 is 17.7. The maximum Gasteiger partial charge on any atom is 0.326 e. The number of esters is 1. The van der Waals surface area contributed by atoms with Gasteiger partial charge in [-0.15, -0.1) is 0 Å². The molecular weight excluding hydrogens is 367 g/mol. The molecule has 144 valence electrons. The molecule has 1 aliphatic rings. The lowest BCUT2D eigenvalue weighted by Crippen LogP contribution is -2.41. The van der Waals surface area contributed by atoms with Gasteiger partial charge in [-0.3, -0.25) is 19.3 Å². The van der Waals surface area contributed by atoms with E-state index in [4.69, 9.17) is 4.74 Å². The highest BCUT2D eigenvalue weighted by Crippen LogP contribution is 2.28. The summed E-state index contributed by atoms with van der Waals surface area (Å²) in [6, 6.07) is 12.7. The number of ketones is 1. The highest BCUT2D eigenvalue weighted by atomic mass is 19.1. The van der Waals surface area contributed by atoms with Gasteiger partial charge < -0.3 is 10.1 Å². The van der Waals surface area contributed by atoms with Crippen molar-refractivity contribution in [2.45, 2.75) is 12.5 Å². The summed E-state index contributed by atoms with van der Waals surface area (Å²) in [5.74, 6) is -2.52. The van der Waals surface area contributed by atoms with Crippen molar-refractivity contribution in [3.63, 3.8) is 0 Å². The number of hydrogen-bond acceptors (Lipinski definition) is 5. The topological polar surface area (TPSA) is 92.8 Å². The third kappa shape index (κ3) is 3.75. The lowest BCUT2D eigenvalue weighted by Gasteiger charge is -2.21. The van der Waals surface area contributed by atoms with Gasteiger partial charge in [0.1, 0.15) is 17.9 Å². The van der Waals surface area contributed by atoms with Gasteiger partial charge in [-0.2, -0.15) is 0 Å². The van der Waals surface area contributed by atoms with E-state index in [0.29, 0.717) is 5.56 Å². The molecule has 0 unspecified atom stereocenters. The van der Waals surface area contributed by atoms with Crippen molar-refractivity contribution in [2.75, 3.05) is 13.2 Å². The monoisotopic (exact) mass is 384 g/mol. The molecule has 0 radical (unpaired) electrons. The number of carbonyl (C=O) groups excluding carboxylic acids is 4. The summed E-state index contributed by atoms with van der Waals surface area (Å²) >= 11 is 0. The van der Waals surface area contributed by atoms with E-state index in [1.807, 2.05) is 0 Å². The number of imide groups is 1. The van der Waals surface area contributed by atoms with Gasteiger partial charge in [0.25, 0.3) is 5.91 Å². The van der Waals surface area contributed by atoms with Crippen LogP contribution in [0.3, 0.4) is 0 Å². The van der Waals surface area contributed by atoms with Crippen LogP contribution in [-0.4, -0.2) is 41.7 Å². The van der Waals surface area contributed by atoms with Gasteiger partial charge >= 0.3 is 12.0 Å². The minimum Gasteiger partial charge on any atom is -0.456 e. The zero-order valence-electron chi connectivity index (χ0n) is 15.0. The summed E-state index contributed by atoms with van der Waals surface area (Å²) in [7, 11) is 0. The molecule has 0 bridgehead atoms. The molecule has 28 heavy (non-hydrogen) atoms. The van der Waals surface area contributed by atoms with Crippen molar-refractivity contribution < 1.29 is 28.3 Å². The first kappa shape index (κ1) is 19.2. The predicted octanol–water partition coefficient (Wildman–Crippen LogP) is 2.02. The van der Waals surface area contributed by atoms with Gasteiger partial charge in [-0.05, 0) is 36.8 Å². The standard InChI is InChI=1S/C20H17FN2O5/c1-20(14-5-3-2-4-6-14)18(26)23(19(27)22-20)11-17(25)28-12-16(24)13-7-9-15(21)10-8-13/h2-10H,11-12H2,1H3,(H,22,27)/t20-/m1/s1. The number of halogens is 1. The second-order valence-electron chi connectivity index (χ2n) is 6.40. The van der Waals surface area contributed by atoms with Crippen LogP contribution in [0.2, 0.25) is 0 Å². The molecule has 2 aromatic carbocycles. The Kier molecular flexibility index (Phi) is 5.21. The number of amides is 3. The average molecular weight is 384 g/mol. The molecule has 0 saturated carbocycles. The van der Waals surface area contributed by atoms with E-state index in [0.717, 1.165) is 17.0 Å². The van der Waals surface area contributed by atoms with Crippen LogP contribution in [0, 0.1) is 5.82 Å². The van der Waals surface area contributed by atoms with E-state index in [9.17, 15) is 23.6 Å². The van der Waals surface area contributed by atoms with Crippen LogP contribution in [0.25, 0.3) is 0 Å². The van der Waals surface area contributed by atoms with E-state index in [-0.39, 0.29) is 5.56 Å². The van der Waals surface area contributed by atoms with Crippen molar-refractivity contribution >= 4 is 23.7 Å². The van der Waals surface area contributed by atoms with Crippen molar-refractivity contribution in [3.8, 4) is 0 Å². The van der Waals surface area contributed by atoms with E-state index in [2.05, 4.69) is 5.32 Å². The molecule has 7 nitrogen and oxygen atoms in total. The van der Waals surface area contributed by atoms with Crippen LogP contribution in [-0.2, 0) is 19.9 Å². The first-order valence-electron chi connectivity index (χ1n) is 8.45. The lowest BCUT2D eigenvalue weighted by atomic mass is 9.92. The maximum absolute atomic E-state index is 12.9. The average Bonchev–Trinajstić information content (AvgIpc) is 2.91. The minimum atomic E-state index is -1.29. The van der Waals surface area contributed by atoms with Gasteiger partial charge in [-0.1, -0.05) is 30.3 Å². The Hall–Kier alpha value is -3.55. The Balaban J connectivity index is 1.61. The highest BCUT2D eigenvalue weighted by molar-refractivity contribution is 6.09. The molecule has 1 atom stereocenters. The zero-order chi connectivity index (χ0) is 20.3. The quantitative estimate of drug-likeness (QED) is 0.467. The third-order valence-electron chi connectivity index (χ3n) is 4.44. The molecule has 8 heteroatoms. The minimum absolute atomic E-state index is 0.181. The fraction of sp³-hybridized carbons (Fsp3) is 0.200. The number of carbonyl (C=O) groups is 4. The van der Waals surface area contributed by atoms with E-state index < -0.39 is 48.2 Å². The summed E-state index contributed by atoms with van der Waals surface area (Å²) in [5, 5.41) is 2.57. The first-order valence-corrected chi connectivity index (χ1v) is 8.45. The highest BCUT2D eigenvalue weighted by Gasteiger charge is 2.49.